The molecule has 3 N–H and O–H groups in total. The average molecular weight is 786 g/mol. The maximum Gasteiger partial charge on any atom is 0.220 e. The van der Waals surface area contributed by atoms with E-state index in [0.29, 0.717) is 6.42 Å². The van der Waals surface area contributed by atoms with Crippen molar-refractivity contribution in [1.29, 1.82) is 0 Å². The summed E-state index contributed by atoms with van der Waals surface area (Å²) in [6, 6.07) is -0.643. The summed E-state index contributed by atoms with van der Waals surface area (Å²) in [5, 5.41) is 23.0. The third-order valence-corrected chi connectivity index (χ3v) is 11.6. The van der Waals surface area contributed by atoms with Gasteiger partial charge in [0.15, 0.2) is 0 Å². The minimum atomic E-state index is -0.868. The van der Waals surface area contributed by atoms with Gasteiger partial charge >= 0.3 is 0 Å². The number of aliphatic hydroxyl groups is 2. The molecule has 0 aliphatic heterocycles. The van der Waals surface area contributed by atoms with Crippen LogP contribution < -0.4 is 5.32 Å². The maximum absolute atomic E-state index is 12.4. The summed E-state index contributed by atoms with van der Waals surface area (Å²) in [6.45, 7) is 4.32. The summed E-state index contributed by atoms with van der Waals surface area (Å²) in [5.74, 6) is -0.0748. The van der Waals surface area contributed by atoms with E-state index < -0.39 is 12.1 Å². The van der Waals surface area contributed by atoms with Gasteiger partial charge in [0.2, 0.25) is 5.91 Å². The lowest BCUT2D eigenvalue weighted by Crippen LogP contribution is -2.45. The lowest BCUT2D eigenvalue weighted by molar-refractivity contribution is -0.123. The van der Waals surface area contributed by atoms with Crippen molar-refractivity contribution in [2.45, 2.75) is 283 Å². The highest BCUT2D eigenvalue weighted by Gasteiger charge is 2.17. The number of rotatable bonds is 46. The summed E-state index contributed by atoms with van der Waals surface area (Å²) in [7, 11) is 0. The van der Waals surface area contributed by atoms with Gasteiger partial charge in [0, 0.05) is 6.42 Å². The van der Waals surface area contributed by atoms with Crippen LogP contribution in [0.1, 0.15) is 271 Å². The van der Waals surface area contributed by atoms with Gasteiger partial charge < -0.3 is 15.5 Å². The summed E-state index contributed by atoms with van der Waals surface area (Å²) in [4.78, 5) is 12.4. The molecule has 0 aromatic rings. The lowest BCUT2D eigenvalue weighted by atomic mass is 10.0. The molecule has 2 atom stereocenters. The standard InChI is InChI=1S/C52H99NO3/c1-3-5-7-9-11-13-15-17-19-21-22-23-24-25-26-27-28-29-30-31-32-33-35-37-39-41-43-45-47-51(55)50(49-54)53-52(56)48-46-44-42-40-38-36-34-20-18-16-14-12-10-8-6-4-2/h31-32,37,39,45,47,50-51,54-55H,3-30,33-36,38,40-44,46,48-49H2,1-2H3,(H,53,56)/b32-31+,39-37+,47-45+. The number of hydrogen-bond donors (Lipinski definition) is 3. The SMILES string of the molecule is CCCCCCCCCCCCCCCCCCCC/C=C/CC/C=C/CC/C=C/C(O)C(CO)NC(=O)CCCCCCCCCCCCCCCCCC. The highest BCUT2D eigenvalue weighted by atomic mass is 16.3. The quantitative estimate of drug-likeness (QED) is 0.0425. The molecule has 56 heavy (non-hydrogen) atoms. The average Bonchev–Trinajstić information content (AvgIpc) is 3.20. The van der Waals surface area contributed by atoms with E-state index in [0.717, 1.165) is 38.5 Å². The monoisotopic (exact) mass is 786 g/mol. The zero-order chi connectivity index (χ0) is 40.7. The number of nitrogens with one attached hydrogen (secondary N) is 1. The van der Waals surface area contributed by atoms with Crippen molar-refractivity contribution in [3.8, 4) is 0 Å². The number of aliphatic hydroxyl groups excluding tert-OH is 2. The molecular weight excluding hydrogens is 687 g/mol. The summed E-state index contributed by atoms with van der Waals surface area (Å²) < 4.78 is 0. The molecule has 0 aliphatic rings. The van der Waals surface area contributed by atoms with Crippen LogP contribution in [0.15, 0.2) is 36.5 Å². The van der Waals surface area contributed by atoms with Gasteiger partial charge in [-0.1, -0.05) is 256 Å². The largest absolute Gasteiger partial charge is 0.394 e. The molecule has 0 bridgehead atoms. The topological polar surface area (TPSA) is 69.6 Å². The van der Waals surface area contributed by atoms with Gasteiger partial charge in [0.1, 0.15) is 0 Å². The first-order chi connectivity index (χ1) is 27.7. The zero-order valence-corrected chi connectivity index (χ0v) is 37.9. The van der Waals surface area contributed by atoms with Gasteiger partial charge in [-0.3, -0.25) is 4.79 Å². The molecule has 0 radical (unpaired) electrons. The van der Waals surface area contributed by atoms with Crippen LogP contribution in [-0.4, -0.2) is 34.9 Å². The van der Waals surface area contributed by atoms with E-state index in [1.165, 1.54) is 212 Å². The van der Waals surface area contributed by atoms with Gasteiger partial charge in [-0.25, -0.2) is 0 Å². The van der Waals surface area contributed by atoms with Crippen LogP contribution >= 0.6 is 0 Å². The molecule has 0 saturated carbocycles. The Morgan fingerprint density at radius 2 is 0.696 bits per heavy atom. The van der Waals surface area contributed by atoms with Gasteiger partial charge in [-0.15, -0.1) is 0 Å². The Bertz CT molecular complexity index is 851. The first kappa shape index (κ1) is 54.6. The Kier molecular flexibility index (Phi) is 46.8. The maximum atomic E-state index is 12.4. The second-order valence-corrected chi connectivity index (χ2v) is 17.2. The third kappa shape index (κ3) is 43.7. The number of carbonyl (C=O) groups is 1. The molecule has 0 aromatic carbocycles. The number of carbonyl (C=O) groups excluding carboxylic acids is 1. The second-order valence-electron chi connectivity index (χ2n) is 17.2. The van der Waals surface area contributed by atoms with E-state index in [2.05, 4.69) is 43.5 Å². The number of allylic oxidation sites excluding steroid dienone is 5. The number of unbranched alkanes of at least 4 members (excludes halogenated alkanes) is 35. The number of amides is 1. The van der Waals surface area contributed by atoms with Gasteiger partial charge in [-0.2, -0.15) is 0 Å². The molecule has 1 amide bonds. The van der Waals surface area contributed by atoms with Crippen molar-refractivity contribution in [2.75, 3.05) is 6.61 Å². The van der Waals surface area contributed by atoms with E-state index in [1.54, 1.807) is 6.08 Å². The van der Waals surface area contributed by atoms with Crippen molar-refractivity contribution in [3.05, 3.63) is 36.5 Å². The number of hydrogen-bond acceptors (Lipinski definition) is 3. The molecule has 4 nitrogen and oxygen atoms in total. The van der Waals surface area contributed by atoms with Crippen LogP contribution in [0, 0.1) is 0 Å². The van der Waals surface area contributed by atoms with Gasteiger partial charge in [-0.05, 0) is 44.9 Å². The van der Waals surface area contributed by atoms with Crippen molar-refractivity contribution >= 4 is 5.91 Å². The van der Waals surface area contributed by atoms with Gasteiger partial charge in [0.05, 0.1) is 18.8 Å². The molecular formula is C52H99NO3. The van der Waals surface area contributed by atoms with Crippen LogP contribution in [-0.2, 0) is 4.79 Å². The summed E-state index contributed by atoms with van der Waals surface area (Å²) in [5.41, 5.74) is 0. The smallest absolute Gasteiger partial charge is 0.220 e. The fraction of sp³-hybridized carbons (Fsp3) is 0.865. The van der Waals surface area contributed by atoms with Crippen LogP contribution in [0.4, 0.5) is 0 Å². The van der Waals surface area contributed by atoms with Crippen molar-refractivity contribution in [1.82, 2.24) is 5.32 Å². The van der Waals surface area contributed by atoms with Crippen LogP contribution in [0.2, 0.25) is 0 Å². The molecule has 0 rings (SSSR count). The van der Waals surface area contributed by atoms with E-state index in [9.17, 15) is 15.0 Å². The van der Waals surface area contributed by atoms with Crippen LogP contribution in [0.25, 0.3) is 0 Å². The fourth-order valence-electron chi connectivity index (χ4n) is 7.74. The summed E-state index contributed by atoms with van der Waals surface area (Å²) in [6.07, 6.45) is 64.3. The molecule has 0 fully saturated rings. The molecule has 0 aliphatic carbocycles. The highest BCUT2D eigenvalue weighted by Crippen LogP contribution is 2.16. The first-order valence-electron chi connectivity index (χ1n) is 25.2. The molecule has 0 saturated heterocycles. The minimum absolute atomic E-state index is 0.0748. The molecule has 0 aromatic heterocycles. The van der Waals surface area contributed by atoms with E-state index >= 15 is 0 Å². The van der Waals surface area contributed by atoms with Crippen molar-refractivity contribution in [2.24, 2.45) is 0 Å². The fourth-order valence-corrected chi connectivity index (χ4v) is 7.74. The predicted octanol–water partition coefficient (Wildman–Crippen LogP) is 16.1. The Balaban J connectivity index is 3.56. The lowest BCUT2D eigenvalue weighted by Gasteiger charge is -2.19. The normalized spacial score (nSPS) is 13.1. The second kappa shape index (κ2) is 48.0. The van der Waals surface area contributed by atoms with Crippen LogP contribution in [0.3, 0.4) is 0 Å². The Labute approximate surface area is 351 Å². The predicted molar refractivity (Wildman–Crippen MR) is 248 cm³/mol. The minimum Gasteiger partial charge on any atom is -0.394 e. The first-order valence-corrected chi connectivity index (χ1v) is 25.2. The van der Waals surface area contributed by atoms with E-state index in [1.807, 2.05) is 6.08 Å². The molecule has 0 spiro atoms. The van der Waals surface area contributed by atoms with E-state index in [4.69, 9.17) is 0 Å². The zero-order valence-electron chi connectivity index (χ0n) is 37.9. The van der Waals surface area contributed by atoms with Crippen molar-refractivity contribution < 1.29 is 15.0 Å². The molecule has 330 valence electrons. The molecule has 4 heteroatoms. The Morgan fingerprint density at radius 1 is 0.411 bits per heavy atom. The third-order valence-electron chi connectivity index (χ3n) is 11.6. The summed E-state index contributed by atoms with van der Waals surface area (Å²) >= 11 is 0. The molecule has 0 heterocycles. The van der Waals surface area contributed by atoms with Crippen molar-refractivity contribution in [3.63, 3.8) is 0 Å². The molecule has 2 unspecified atom stereocenters. The van der Waals surface area contributed by atoms with Gasteiger partial charge in [0.25, 0.3) is 0 Å². The highest BCUT2D eigenvalue weighted by molar-refractivity contribution is 5.76. The van der Waals surface area contributed by atoms with E-state index in [-0.39, 0.29) is 12.5 Å². The Morgan fingerprint density at radius 3 is 1.04 bits per heavy atom. The Hall–Kier alpha value is -1.39. The van der Waals surface area contributed by atoms with Crippen LogP contribution in [0.5, 0.6) is 0 Å².